The third-order valence-corrected chi connectivity index (χ3v) is 2.86. The maximum absolute atomic E-state index is 13.8. The topological polar surface area (TPSA) is 61.8 Å². The Morgan fingerprint density at radius 1 is 1.44 bits per heavy atom. The first kappa shape index (κ1) is 14.3. The average molecular weight is 253 g/mol. The summed E-state index contributed by atoms with van der Waals surface area (Å²) >= 11 is 0. The predicted molar refractivity (Wildman–Crippen MR) is 71.7 cm³/mol. The fraction of sp³-hybridized carbons (Fsp3) is 0.462. The van der Waals surface area contributed by atoms with E-state index in [0.717, 1.165) is 25.9 Å². The Morgan fingerprint density at radius 3 is 2.72 bits per heavy atom. The molecule has 18 heavy (non-hydrogen) atoms. The second kappa shape index (κ2) is 6.83. The molecule has 1 rings (SSSR count). The van der Waals surface area contributed by atoms with Crippen LogP contribution in [0.2, 0.25) is 0 Å². The van der Waals surface area contributed by atoms with Gasteiger partial charge in [0.15, 0.2) is 5.84 Å². The van der Waals surface area contributed by atoms with E-state index in [1.807, 2.05) is 11.8 Å². The standard InChI is InChI=1S/C13H20FN3O/c1-3-5-9-17(4-2)11-8-6-7-10(14)12(11)13(15)16-18/h6-8,18H,3-5,9H2,1-2H3,(H2,15,16). The minimum atomic E-state index is -0.474. The number of nitrogens with zero attached hydrogens (tertiary/aromatic N) is 2. The van der Waals surface area contributed by atoms with Gasteiger partial charge >= 0.3 is 0 Å². The van der Waals surface area contributed by atoms with Crippen LogP contribution in [-0.2, 0) is 0 Å². The number of anilines is 1. The van der Waals surface area contributed by atoms with Crippen LogP contribution in [0.4, 0.5) is 10.1 Å². The molecule has 0 aliphatic rings. The molecule has 0 aromatic heterocycles. The average Bonchev–Trinajstić information content (AvgIpc) is 2.39. The van der Waals surface area contributed by atoms with Crippen LogP contribution in [0.3, 0.4) is 0 Å². The van der Waals surface area contributed by atoms with Crippen molar-refractivity contribution < 1.29 is 9.60 Å². The lowest BCUT2D eigenvalue weighted by Gasteiger charge is -2.25. The molecule has 0 saturated carbocycles. The van der Waals surface area contributed by atoms with Crippen molar-refractivity contribution in [3.05, 3.63) is 29.6 Å². The number of halogens is 1. The van der Waals surface area contributed by atoms with E-state index in [4.69, 9.17) is 10.9 Å². The van der Waals surface area contributed by atoms with Gasteiger partial charge < -0.3 is 15.8 Å². The minimum absolute atomic E-state index is 0.165. The molecular weight excluding hydrogens is 233 g/mol. The van der Waals surface area contributed by atoms with Crippen LogP contribution in [0.1, 0.15) is 32.3 Å². The van der Waals surface area contributed by atoms with Gasteiger partial charge in [0.2, 0.25) is 0 Å². The maximum Gasteiger partial charge on any atom is 0.175 e. The molecule has 0 amide bonds. The SMILES string of the molecule is CCCCN(CC)c1cccc(F)c1C(N)=NO. The molecule has 0 fully saturated rings. The van der Waals surface area contributed by atoms with Gasteiger partial charge in [-0.15, -0.1) is 0 Å². The summed E-state index contributed by atoms with van der Waals surface area (Å²) in [4.78, 5) is 2.03. The number of amidine groups is 1. The minimum Gasteiger partial charge on any atom is -0.409 e. The molecule has 0 aliphatic heterocycles. The maximum atomic E-state index is 13.8. The molecule has 0 aliphatic carbocycles. The summed E-state index contributed by atoms with van der Waals surface area (Å²) in [5.74, 6) is -0.671. The number of benzene rings is 1. The van der Waals surface area contributed by atoms with Gasteiger partial charge in [-0.3, -0.25) is 0 Å². The van der Waals surface area contributed by atoms with E-state index in [2.05, 4.69) is 12.1 Å². The van der Waals surface area contributed by atoms with Crippen LogP contribution in [-0.4, -0.2) is 24.1 Å². The molecule has 0 unspecified atom stereocenters. The van der Waals surface area contributed by atoms with Gasteiger partial charge in [0.25, 0.3) is 0 Å². The second-order valence-electron chi connectivity index (χ2n) is 4.05. The van der Waals surface area contributed by atoms with Gasteiger partial charge in [0, 0.05) is 13.1 Å². The number of hydrogen-bond acceptors (Lipinski definition) is 3. The first-order valence-corrected chi connectivity index (χ1v) is 6.17. The molecule has 3 N–H and O–H groups in total. The summed E-state index contributed by atoms with van der Waals surface area (Å²) in [6.45, 7) is 5.66. The molecule has 5 heteroatoms. The van der Waals surface area contributed by atoms with Gasteiger partial charge in [-0.05, 0) is 25.5 Å². The van der Waals surface area contributed by atoms with Crippen molar-refractivity contribution in [3.63, 3.8) is 0 Å². The number of unbranched alkanes of at least 4 members (excludes halogenated alkanes) is 1. The summed E-state index contributed by atoms with van der Waals surface area (Å²) in [5, 5.41) is 11.7. The van der Waals surface area contributed by atoms with E-state index in [0.29, 0.717) is 5.69 Å². The van der Waals surface area contributed by atoms with Gasteiger partial charge in [-0.1, -0.05) is 24.6 Å². The number of nitrogens with two attached hydrogens (primary N) is 1. The molecule has 0 spiro atoms. The number of hydrogen-bond donors (Lipinski definition) is 2. The predicted octanol–water partition coefficient (Wildman–Crippen LogP) is 2.55. The van der Waals surface area contributed by atoms with Gasteiger partial charge in [-0.2, -0.15) is 0 Å². The van der Waals surface area contributed by atoms with Crippen LogP contribution in [0.25, 0.3) is 0 Å². The van der Waals surface area contributed by atoms with Crippen molar-refractivity contribution in [3.8, 4) is 0 Å². The van der Waals surface area contributed by atoms with E-state index in [1.165, 1.54) is 6.07 Å². The summed E-state index contributed by atoms with van der Waals surface area (Å²) in [6.07, 6.45) is 2.07. The van der Waals surface area contributed by atoms with E-state index in [-0.39, 0.29) is 11.4 Å². The van der Waals surface area contributed by atoms with Crippen molar-refractivity contribution in [1.29, 1.82) is 0 Å². The van der Waals surface area contributed by atoms with Crippen LogP contribution in [0, 0.1) is 5.82 Å². The molecule has 1 aromatic carbocycles. The molecule has 4 nitrogen and oxygen atoms in total. The Hall–Kier alpha value is -1.78. The highest BCUT2D eigenvalue weighted by molar-refractivity contribution is 6.02. The van der Waals surface area contributed by atoms with Crippen LogP contribution in [0.15, 0.2) is 23.4 Å². The summed E-state index contributed by atoms with van der Waals surface area (Å²) in [5.41, 5.74) is 6.38. The Bertz CT molecular complexity index is 421. The van der Waals surface area contributed by atoms with E-state index >= 15 is 0 Å². The van der Waals surface area contributed by atoms with Crippen molar-refractivity contribution in [1.82, 2.24) is 0 Å². The van der Waals surface area contributed by atoms with Crippen LogP contribution < -0.4 is 10.6 Å². The lowest BCUT2D eigenvalue weighted by molar-refractivity contribution is 0.318. The fourth-order valence-electron chi connectivity index (χ4n) is 1.88. The highest BCUT2D eigenvalue weighted by Gasteiger charge is 2.16. The molecule has 1 aromatic rings. The van der Waals surface area contributed by atoms with E-state index < -0.39 is 5.82 Å². The van der Waals surface area contributed by atoms with Crippen molar-refractivity contribution in [2.24, 2.45) is 10.9 Å². The molecule has 0 saturated heterocycles. The highest BCUT2D eigenvalue weighted by Crippen LogP contribution is 2.23. The quantitative estimate of drug-likeness (QED) is 0.354. The molecular formula is C13H20FN3O. The zero-order valence-corrected chi connectivity index (χ0v) is 10.9. The van der Waals surface area contributed by atoms with Crippen LogP contribution in [0.5, 0.6) is 0 Å². The lowest BCUT2D eigenvalue weighted by atomic mass is 10.1. The summed E-state index contributed by atoms with van der Waals surface area (Å²) in [7, 11) is 0. The Kier molecular flexibility index (Phi) is 5.42. The Labute approximate surface area is 107 Å². The third kappa shape index (κ3) is 3.12. The van der Waals surface area contributed by atoms with E-state index in [1.54, 1.807) is 12.1 Å². The Balaban J connectivity index is 3.17. The second-order valence-corrected chi connectivity index (χ2v) is 4.05. The molecule has 0 heterocycles. The lowest BCUT2D eigenvalue weighted by Crippen LogP contribution is -2.28. The molecule has 100 valence electrons. The smallest absolute Gasteiger partial charge is 0.175 e. The van der Waals surface area contributed by atoms with Crippen molar-refractivity contribution in [2.45, 2.75) is 26.7 Å². The first-order chi connectivity index (χ1) is 8.65. The fourth-order valence-corrected chi connectivity index (χ4v) is 1.88. The monoisotopic (exact) mass is 253 g/mol. The van der Waals surface area contributed by atoms with Crippen molar-refractivity contribution in [2.75, 3.05) is 18.0 Å². The number of oxime groups is 1. The largest absolute Gasteiger partial charge is 0.409 e. The molecule has 0 radical (unpaired) electrons. The van der Waals surface area contributed by atoms with Crippen LogP contribution >= 0.6 is 0 Å². The van der Waals surface area contributed by atoms with Crippen molar-refractivity contribution >= 4 is 11.5 Å². The van der Waals surface area contributed by atoms with Gasteiger partial charge in [0.05, 0.1) is 11.3 Å². The summed E-state index contributed by atoms with van der Waals surface area (Å²) in [6, 6.07) is 4.73. The summed E-state index contributed by atoms with van der Waals surface area (Å²) < 4.78 is 13.8. The Morgan fingerprint density at radius 2 is 2.17 bits per heavy atom. The first-order valence-electron chi connectivity index (χ1n) is 6.17. The molecule has 0 bridgehead atoms. The zero-order valence-electron chi connectivity index (χ0n) is 10.9. The van der Waals surface area contributed by atoms with Gasteiger partial charge in [0.1, 0.15) is 5.82 Å². The van der Waals surface area contributed by atoms with Gasteiger partial charge in [-0.25, -0.2) is 4.39 Å². The molecule has 0 atom stereocenters. The third-order valence-electron chi connectivity index (χ3n) is 2.86. The highest BCUT2D eigenvalue weighted by atomic mass is 19.1. The normalized spacial score (nSPS) is 11.6. The number of rotatable bonds is 6. The van der Waals surface area contributed by atoms with E-state index in [9.17, 15) is 4.39 Å². The zero-order chi connectivity index (χ0) is 13.5.